The van der Waals surface area contributed by atoms with Gasteiger partial charge in [0.1, 0.15) is 6.29 Å². The highest BCUT2D eigenvalue weighted by molar-refractivity contribution is 9.09. The molecule has 0 aliphatic carbocycles. The Bertz CT molecular complexity index is 460. The highest BCUT2D eigenvalue weighted by atomic mass is 79.9. The van der Waals surface area contributed by atoms with Crippen molar-refractivity contribution in [2.75, 3.05) is 5.33 Å². The van der Waals surface area contributed by atoms with Crippen LogP contribution in [0.2, 0.25) is 0 Å². The lowest BCUT2D eigenvalue weighted by molar-refractivity contribution is 0.102. The Labute approximate surface area is 95.8 Å². The SMILES string of the molecule is Cc1cc(C#N)c(C(=O)CBr)cc1C=O. The van der Waals surface area contributed by atoms with E-state index in [1.165, 1.54) is 6.07 Å². The number of ketones is 1. The Balaban J connectivity index is 3.43. The summed E-state index contributed by atoms with van der Waals surface area (Å²) < 4.78 is 0. The van der Waals surface area contributed by atoms with Gasteiger partial charge in [-0.05, 0) is 24.6 Å². The van der Waals surface area contributed by atoms with Gasteiger partial charge in [0.15, 0.2) is 5.78 Å². The third-order valence-electron chi connectivity index (χ3n) is 2.08. The topological polar surface area (TPSA) is 57.9 Å². The van der Waals surface area contributed by atoms with Crippen LogP contribution in [0.25, 0.3) is 0 Å². The summed E-state index contributed by atoms with van der Waals surface area (Å²) in [5, 5.41) is 8.99. The zero-order valence-corrected chi connectivity index (χ0v) is 9.67. The molecule has 0 aliphatic rings. The molecule has 0 radical (unpaired) electrons. The first kappa shape index (κ1) is 11.6. The van der Waals surface area contributed by atoms with E-state index in [1.807, 2.05) is 6.07 Å². The standard InChI is InChI=1S/C11H8BrNO2/c1-7-2-8(5-13)10(11(15)4-12)3-9(7)6-14/h2-3,6H,4H2,1H3. The minimum Gasteiger partial charge on any atom is -0.298 e. The monoisotopic (exact) mass is 265 g/mol. The Morgan fingerprint density at radius 1 is 1.60 bits per heavy atom. The second kappa shape index (κ2) is 4.85. The van der Waals surface area contributed by atoms with E-state index < -0.39 is 0 Å². The van der Waals surface area contributed by atoms with Gasteiger partial charge in [0.05, 0.1) is 17.0 Å². The third kappa shape index (κ3) is 2.31. The molecule has 0 aromatic heterocycles. The van der Waals surface area contributed by atoms with Gasteiger partial charge in [0.2, 0.25) is 0 Å². The molecule has 0 bridgehead atoms. The lowest BCUT2D eigenvalue weighted by Gasteiger charge is -2.04. The number of halogens is 1. The fourth-order valence-corrected chi connectivity index (χ4v) is 1.55. The Morgan fingerprint density at radius 2 is 2.27 bits per heavy atom. The number of nitrogens with zero attached hydrogens (tertiary/aromatic N) is 1. The number of carbonyl (C=O) groups is 2. The zero-order chi connectivity index (χ0) is 11.4. The van der Waals surface area contributed by atoms with Crippen molar-refractivity contribution in [1.82, 2.24) is 0 Å². The van der Waals surface area contributed by atoms with E-state index in [-0.39, 0.29) is 11.1 Å². The van der Waals surface area contributed by atoms with Crippen LogP contribution >= 0.6 is 15.9 Å². The van der Waals surface area contributed by atoms with Gasteiger partial charge in [0, 0.05) is 11.1 Å². The molecule has 0 N–H and O–H groups in total. The number of nitriles is 1. The van der Waals surface area contributed by atoms with Crippen LogP contribution in [-0.4, -0.2) is 17.4 Å². The summed E-state index contributed by atoms with van der Waals surface area (Å²) in [5.41, 5.74) is 1.75. The molecule has 1 aromatic carbocycles. The molecule has 15 heavy (non-hydrogen) atoms. The van der Waals surface area contributed by atoms with E-state index in [4.69, 9.17) is 5.26 Å². The first-order chi connectivity index (χ1) is 7.13. The lowest BCUT2D eigenvalue weighted by atomic mass is 9.98. The van der Waals surface area contributed by atoms with Crippen molar-refractivity contribution >= 4 is 28.0 Å². The number of aryl methyl sites for hydroxylation is 1. The maximum absolute atomic E-state index is 11.5. The van der Waals surface area contributed by atoms with Gasteiger partial charge in [-0.25, -0.2) is 0 Å². The fraction of sp³-hybridized carbons (Fsp3) is 0.182. The summed E-state index contributed by atoms with van der Waals surface area (Å²) in [5.74, 6) is -0.199. The minimum atomic E-state index is -0.199. The predicted octanol–water partition coefficient (Wildman–Crippen LogP) is 2.26. The average Bonchev–Trinajstić information content (AvgIpc) is 2.27. The Morgan fingerprint density at radius 3 is 2.73 bits per heavy atom. The van der Waals surface area contributed by atoms with Crippen LogP contribution in [0.5, 0.6) is 0 Å². The van der Waals surface area contributed by atoms with E-state index in [2.05, 4.69) is 15.9 Å². The highest BCUT2D eigenvalue weighted by Gasteiger charge is 2.12. The maximum atomic E-state index is 11.5. The first-order valence-corrected chi connectivity index (χ1v) is 5.35. The second-order valence-corrected chi connectivity index (χ2v) is 3.60. The van der Waals surface area contributed by atoms with Gasteiger partial charge in [-0.3, -0.25) is 9.59 Å². The second-order valence-electron chi connectivity index (χ2n) is 3.04. The number of rotatable bonds is 3. The normalized spacial score (nSPS) is 9.40. The highest BCUT2D eigenvalue weighted by Crippen LogP contribution is 2.16. The van der Waals surface area contributed by atoms with Crippen LogP contribution in [0.15, 0.2) is 12.1 Å². The molecule has 0 fully saturated rings. The van der Waals surface area contributed by atoms with Crippen molar-refractivity contribution in [1.29, 1.82) is 5.26 Å². The number of hydrogen-bond acceptors (Lipinski definition) is 3. The zero-order valence-electron chi connectivity index (χ0n) is 8.08. The van der Waals surface area contributed by atoms with Crippen LogP contribution in [0.1, 0.15) is 31.8 Å². The number of benzene rings is 1. The molecule has 0 aliphatic heterocycles. The lowest BCUT2D eigenvalue weighted by Crippen LogP contribution is -2.05. The van der Waals surface area contributed by atoms with Crippen molar-refractivity contribution in [2.45, 2.75) is 6.92 Å². The molecule has 1 rings (SSSR count). The summed E-state index contributed by atoms with van der Waals surface area (Å²) in [4.78, 5) is 22.1. The van der Waals surface area contributed by atoms with Crippen molar-refractivity contribution in [3.8, 4) is 6.07 Å². The summed E-state index contributed by atoms with van der Waals surface area (Å²) >= 11 is 3.03. The Hall–Kier alpha value is -1.47. The van der Waals surface area contributed by atoms with Gasteiger partial charge in [-0.2, -0.15) is 5.26 Å². The summed E-state index contributed by atoms with van der Waals surface area (Å²) in [6.45, 7) is 1.73. The summed E-state index contributed by atoms with van der Waals surface area (Å²) in [7, 11) is 0. The molecular weight excluding hydrogens is 258 g/mol. The van der Waals surface area contributed by atoms with E-state index in [0.29, 0.717) is 28.5 Å². The van der Waals surface area contributed by atoms with E-state index in [9.17, 15) is 9.59 Å². The van der Waals surface area contributed by atoms with Crippen LogP contribution in [0.3, 0.4) is 0 Å². The van der Waals surface area contributed by atoms with E-state index in [0.717, 1.165) is 0 Å². The van der Waals surface area contributed by atoms with Crippen LogP contribution < -0.4 is 0 Å². The van der Waals surface area contributed by atoms with Crippen molar-refractivity contribution in [3.63, 3.8) is 0 Å². The molecule has 0 amide bonds. The summed E-state index contributed by atoms with van der Waals surface area (Å²) in [6.07, 6.45) is 0.682. The Kier molecular flexibility index (Phi) is 3.75. The number of Topliss-reactive ketones (excluding diaryl/α,β-unsaturated/α-hetero) is 1. The fourth-order valence-electron chi connectivity index (χ4n) is 1.25. The molecular formula is C11H8BrNO2. The van der Waals surface area contributed by atoms with Gasteiger partial charge < -0.3 is 0 Å². The van der Waals surface area contributed by atoms with Crippen molar-refractivity contribution in [2.24, 2.45) is 0 Å². The molecule has 1 aromatic rings. The largest absolute Gasteiger partial charge is 0.298 e. The van der Waals surface area contributed by atoms with E-state index in [1.54, 1.807) is 13.0 Å². The first-order valence-electron chi connectivity index (χ1n) is 4.23. The van der Waals surface area contributed by atoms with Crippen LogP contribution in [0, 0.1) is 18.3 Å². The predicted molar refractivity (Wildman–Crippen MR) is 59.4 cm³/mol. The molecule has 0 saturated heterocycles. The van der Waals surface area contributed by atoms with Gasteiger partial charge in [0.25, 0.3) is 0 Å². The van der Waals surface area contributed by atoms with Crippen molar-refractivity contribution < 1.29 is 9.59 Å². The van der Waals surface area contributed by atoms with Crippen LogP contribution in [-0.2, 0) is 0 Å². The molecule has 0 saturated carbocycles. The summed E-state index contributed by atoms with van der Waals surface area (Å²) in [6, 6.07) is 4.96. The molecule has 0 atom stereocenters. The van der Waals surface area contributed by atoms with Crippen molar-refractivity contribution in [3.05, 3.63) is 34.4 Å². The van der Waals surface area contributed by atoms with Gasteiger partial charge >= 0.3 is 0 Å². The minimum absolute atomic E-state index is 0.142. The molecule has 0 spiro atoms. The molecule has 4 heteroatoms. The number of hydrogen-bond donors (Lipinski definition) is 0. The van der Waals surface area contributed by atoms with Gasteiger partial charge in [-0.1, -0.05) is 15.9 Å². The molecule has 0 heterocycles. The molecule has 76 valence electrons. The molecule has 3 nitrogen and oxygen atoms in total. The maximum Gasteiger partial charge on any atom is 0.174 e. The quantitative estimate of drug-likeness (QED) is 0.479. The van der Waals surface area contributed by atoms with Crippen LogP contribution in [0.4, 0.5) is 0 Å². The van der Waals surface area contributed by atoms with E-state index >= 15 is 0 Å². The number of alkyl halides is 1. The molecule has 0 unspecified atom stereocenters. The average molecular weight is 266 g/mol. The number of carbonyl (C=O) groups excluding carboxylic acids is 2. The van der Waals surface area contributed by atoms with Gasteiger partial charge in [-0.15, -0.1) is 0 Å². The third-order valence-corrected chi connectivity index (χ3v) is 2.58. The smallest absolute Gasteiger partial charge is 0.174 e. The number of aldehydes is 1.